The van der Waals surface area contributed by atoms with E-state index in [1.54, 1.807) is 11.8 Å². The highest BCUT2D eigenvalue weighted by Crippen LogP contribution is 2.48. The summed E-state index contributed by atoms with van der Waals surface area (Å²) in [7, 11) is 0. The molecule has 1 N–H and O–H groups in total. The molecule has 26 heavy (non-hydrogen) atoms. The summed E-state index contributed by atoms with van der Waals surface area (Å²) in [6, 6.07) is 14.4. The topological polar surface area (TPSA) is 26.7 Å². The molecule has 2 aromatic carbocycles. The lowest BCUT2D eigenvalue weighted by molar-refractivity contribution is 0.0826. The third-order valence-corrected chi connectivity index (χ3v) is 6.85. The lowest BCUT2D eigenvalue weighted by Crippen LogP contribution is -2.45. The van der Waals surface area contributed by atoms with Crippen LogP contribution in [0, 0.1) is 0 Å². The van der Waals surface area contributed by atoms with E-state index < -0.39 is 6.10 Å². The predicted octanol–water partition coefficient (Wildman–Crippen LogP) is 5.18. The van der Waals surface area contributed by atoms with E-state index in [9.17, 15) is 5.11 Å². The van der Waals surface area contributed by atoms with E-state index in [1.165, 1.54) is 22.6 Å². The van der Waals surface area contributed by atoms with Gasteiger partial charge in [0.1, 0.15) is 0 Å². The zero-order valence-corrected chi connectivity index (χ0v) is 16.9. The fourth-order valence-corrected chi connectivity index (χ4v) is 5.27. The van der Waals surface area contributed by atoms with Crippen LogP contribution in [0.3, 0.4) is 0 Å². The van der Waals surface area contributed by atoms with Crippen LogP contribution in [0.15, 0.2) is 52.3 Å². The fraction of sp³-hybridized carbons (Fsp3) is 0.429. The Kier molecular flexibility index (Phi) is 4.95. The van der Waals surface area contributed by atoms with Gasteiger partial charge in [-0.05, 0) is 63.6 Å². The van der Waals surface area contributed by atoms with Crippen molar-refractivity contribution in [1.29, 1.82) is 0 Å². The summed E-state index contributed by atoms with van der Waals surface area (Å²) in [5.74, 6) is 0. The number of nitrogens with zero attached hydrogens (tertiary/aromatic N) is 2. The van der Waals surface area contributed by atoms with Gasteiger partial charge in [-0.25, -0.2) is 0 Å². The van der Waals surface area contributed by atoms with Crippen LogP contribution < -0.4 is 4.90 Å². The van der Waals surface area contributed by atoms with Crippen LogP contribution in [-0.2, 0) is 0 Å². The Morgan fingerprint density at radius 2 is 1.88 bits per heavy atom. The van der Waals surface area contributed by atoms with E-state index in [4.69, 9.17) is 11.6 Å². The lowest BCUT2D eigenvalue weighted by Gasteiger charge is -2.37. The first-order valence-corrected chi connectivity index (χ1v) is 10.4. The molecular formula is C21H25ClN2OS. The molecule has 0 amide bonds. The molecule has 0 bridgehead atoms. The summed E-state index contributed by atoms with van der Waals surface area (Å²) in [6.45, 7) is 6.88. The van der Waals surface area contributed by atoms with Gasteiger partial charge in [0.05, 0.1) is 24.0 Å². The number of halogens is 1. The number of likely N-dealkylation sites (tertiary alicyclic amines) is 1. The lowest BCUT2D eigenvalue weighted by atomic mass is 10.0. The molecule has 1 atom stereocenters. The number of benzene rings is 2. The van der Waals surface area contributed by atoms with Crippen LogP contribution in [-0.4, -0.2) is 41.3 Å². The third kappa shape index (κ3) is 3.48. The highest BCUT2D eigenvalue weighted by molar-refractivity contribution is 7.99. The molecule has 138 valence electrons. The second kappa shape index (κ2) is 7.08. The van der Waals surface area contributed by atoms with Crippen LogP contribution in [0.2, 0.25) is 5.02 Å². The van der Waals surface area contributed by atoms with Gasteiger partial charge in [0.2, 0.25) is 0 Å². The second-order valence-corrected chi connectivity index (χ2v) is 9.33. The molecule has 2 aliphatic heterocycles. The first kappa shape index (κ1) is 18.2. The molecule has 0 radical (unpaired) electrons. The number of para-hydroxylation sites is 1. The number of rotatable bonds is 4. The number of anilines is 2. The largest absolute Gasteiger partial charge is 0.390 e. The summed E-state index contributed by atoms with van der Waals surface area (Å²) in [5, 5.41) is 11.6. The van der Waals surface area contributed by atoms with Crippen LogP contribution >= 0.6 is 23.4 Å². The van der Waals surface area contributed by atoms with Crippen molar-refractivity contribution in [3.05, 3.63) is 47.5 Å². The Balaban J connectivity index is 1.60. The Hall–Kier alpha value is -1.20. The normalized spacial score (nSPS) is 19.9. The van der Waals surface area contributed by atoms with Gasteiger partial charge in [-0.2, -0.15) is 0 Å². The number of aliphatic hydroxyl groups excluding tert-OH is 1. The maximum absolute atomic E-state index is 10.9. The van der Waals surface area contributed by atoms with Crippen molar-refractivity contribution < 1.29 is 5.11 Å². The van der Waals surface area contributed by atoms with E-state index in [0.717, 1.165) is 22.9 Å². The highest BCUT2D eigenvalue weighted by atomic mass is 35.5. The summed E-state index contributed by atoms with van der Waals surface area (Å²) >= 11 is 8.04. The minimum Gasteiger partial charge on any atom is -0.390 e. The maximum Gasteiger partial charge on any atom is 0.0846 e. The van der Waals surface area contributed by atoms with Gasteiger partial charge in [-0.3, -0.25) is 4.90 Å². The van der Waals surface area contributed by atoms with E-state index in [1.807, 2.05) is 12.1 Å². The monoisotopic (exact) mass is 388 g/mol. The fourth-order valence-electron chi connectivity index (χ4n) is 4.02. The van der Waals surface area contributed by atoms with Crippen molar-refractivity contribution in [2.24, 2.45) is 0 Å². The summed E-state index contributed by atoms with van der Waals surface area (Å²) in [6.07, 6.45) is 1.98. The number of fused-ring (bicyclic) bond motifs is 2. The first-order chi connectivity index (χ1) is 12.4. The van der Waals surface area contributed by atoms with Crippen molar-refractivity contribution in [3.63, 3.8) is 0 Å². The SMILES string of the molecule is CC1(C)CCCN1CC(O)CN1c2ccccc2Sc2ccc(Cl)cc21. The molecule has 4 rings (SSSR count). The number of hydrogen-bond acceptors (Lipinski definition) is 4. The van der Waals surface area contributed by atoms with Crippen molar-refractivity contribution in [3.8, 4) is 0 Å². The van der Waals surface area contributed by atoms with E-state index in [0.29, 0.717) is 13.1 Å². The molecule has 2 heterocycles. The third-order valence-electron chi connectivity index (χ3n) is 5.48. The van der Waals surface area contributed by atoms with Crippen LogP contribution in [0.25, 0.3) is 0 Å². The molecule has 1 saturated heterocycles. The van der Waals surface area contributed by atoms with E-state index in [2.05, 4.69) is 54.0 Å². The first-order valence-electron chi connectivity index (χ1n) is 9.21. The van der Waals surface area contributed by atoms with Gasteiger partial charge in [-0.1, -0.05) is 35.5 Å². The smallest absolute Gasteiger partial charge is 0.0846 e. The van der Waals surface area contributed by atoms with Crippen LogP contribution in [0.4, 0.5) is 11.4 Å². The standard InChI is InChI=1S/C21H25ClN2OS/c1-21(2)10-5-11-23(21)13-16(25)14-24-17-6-3-4-7-19(17)26-20-9-8-15(22)12-18(20)24/h3-4,6-9,12,16,25H,5,10-11,13-14H2,1-2H3. The summed E-state index contributed by atoms with van der Waals surface area (Å²) in [4.78, 5) is 7.04. The highest BCUT2D eigenvalue weighted by Gasteiger charge is 2.34. The van der Waals surface area contributed by atoms with E-state index >= 15 is 0 Å². The van der Waals surface area contributed by atoms with Crippen molar-refractivity contribution in [1.82, 2.24) is 4.90 Å². The molecule has 2 aliphatic rings. The van der Waals surface area contributed by atoms with Crippen LogP contribution in [0.5, 0.6) is 0 Å². The Labute approximate surface area is 165 Å². The molecule has 0 aromatic heterocycles. The maximum atomic E-state index is 10.9. The molecule has 1 unspecified atom stereocenters. The van der Waals surface area contributed by atoms with E-state index in [-0.39, 0.29) is 5.54 Å². The molecule has 2 aromatic rings. The molecule has 0 aliphatic carbocycles. The quantitative estimate of drug-likeness (QED) is 0.780. The zero-order valence-electron chi connectivity index (χ0n) is 15.3. The molecule has 0 saturated carbocycles. The van der Waals surface area contributed by atoms with Gasteiger partial charge in [-0.15, -0.1) is 0 Å². The number of β-amino-alcohol motifs (C(OH)–C–C–N with tert-alkyl or cyclic N) is 1. The second-order valence-electron chi connectivity index (χ2n) is 7.81. The minimum atomic E-state index is -0.421. The van der Waals surface area contributed by atoms with Gasteiger partial charge in [0.25, 0.3) is 0 Å². The Morgan fingerprint density at radius 3 is 2.65 bits per heavy atom. The molecule has 1 fully saturated rings. The van der Waals surface area contributed by atoms with Gasteiger partial charge < -0.3 is 10.0 Å². The number of aliphatic hydroxyl groups is 1. The van der Waals surface area contributed by atoms with Crippen LogP contribution in [0.1, 0.15) is 26.7 Å². The average molecular weight is 389 g/mol. The van der Waals surface area contributed by atoms with Gasteiger partial charge >= 0.3 is 0 Å². The minimum absolute atomic E-state index is 0.178. The molecule has 5 heteroatoms. The predicted molar refractivity (Wildman–Crippen MR) is 110 cm³/mol. The summed E-state index contributed by atoms with van der Waals surface area (Å²) in [5.41, 5.74) is 2.41. The Bertz CT molecular complexity index is 810. The zero-order chi connectivity index (χ0) is 18.3. The van der Waals surface area contributed by atoms with Crippen molar-refractivity contribution in [2.45, 2.75) is 48.1 Å². The molecule has 0 spiro atoms. The Morgan fingerprint density at radius 1 is 1.12 bits per heavy atom. The number of hydrogen-bond donors (Lipinski definition) is 1. The molecule has 3 nitrogen and oxygen atoms in total. The summed E-state index contributed by atoms with van der Waals surface area (Å²) < 4.78 is 0. The van der Waals surface area contributed by atoms with Crippen molar-refractivity contribution in [2.75, 3.05) is 24.5 Å². The van der Waals surface area contributed by atoms with Gasteiger partial charge in [0, 0.05) is 26.9 Å². The molecular weight excluding hydrogens is 364 g/mol. The van der Waals surface area contributed by atoms with Crippen molar-refractivity contribution >= 4 is 34.7 Å². The van der Waals surface area contributed by atoms with Gasteiger partial charge in [0.15, 0.2) is 0 Å². The average Bonchev–Trinajstić information content (AvgIpc) is 2.93.